The molecule has 0 amide bonds. The molecule has 0 spiro atoms. The van der Waals surface area contributed by atoms with Crippen molar-refractivity contribution in [2.45, 2.75) is 20.4 Å². The van der Waals surface area contributed by atoms with E-state index in [0.29, 0.717) is 22.6 Å². The Hall–Kier alpha value is -3.45. The van der Waals surface area contributed by atoms with Gasteiger partial charge in [0.05, 0.1) is 28.9 Å². The smallest absolute Gasteiger partial charge is 0.337 e. The monoisotopic (exact) mass is 419 g/mol. The van der Waals surface area contributed by atoms with E-state index < -0.39 is 0 Å². The summed E-state index contributed by atoms with van der Waals surface area (Å²) >= 11 is 1.41. The van der Waals surface area contributed by atoms with Gasteiger partial charge in [0.1, 0.15) is 0 Å². The molecular weight excluding hydrogens is 398 g/mol. The molecule has 0 bridgehead atoms. The Balaban J connectivity index is 1.76. The highest BCUT2D eigenvalue weighted by molar-refractivity contribution is 7.10. The molecule has 1 aromatic heterocycles. The van der Waals surface area contributed by atoms with Crippen molar-refractivity contribution in [1.82, 2.24) is 4.57 Å². The molecule has 1 aliphatic rings. The minimum absolute atomic E-state index is 0.178. The van der Waals surface area contributed by atoms with E-state index in [9.17, 15) is 9.90 Å². The Kier molecular flexibility index (Phi) is 5.37. The number of carbonyl (C=O) groups is 1. The lowest BCUT2D eigenvalue weighted by atomic mass is 10.0. The Morgan fingerprint density at radius 1 is 1.23 bits per heavy atom. The van der Waals surface area contributed by atoms with E-state index in [1.165, 1.54) is 18.4 Å². The summed E-state index contributed by atoms with van der Waals surface area (Å²) in [5.74, 6) is -0.209. The van der Waals surface area contributed by atoms with Crippen LogP contribution in [0.4, 0.5) is 11.4 Å². The molecule has 3 aromatic rings. The number of benzene rings is 2. The van der Waals surface area contributed by atoms with Crippen LogP contribution in [0.5, 0.6) is 5.88 Å². The van der Waals surface area contributed by atoms with Gasteiger partial charge >= 0.3 is 5.97 Å². The highest BCUT2D eigenvalue weighted by Gasteiger charge is 2.19. The summed E-state index contributed by atoms with van der Waals surface area (Å²) in [5.41, 5.74) is 5.07. The van der Waals surface area contributed by atoms with Crippen LogP contribution in [0.25, 0.3) is 11.6 Å². The van der Waals surface area contributed by atoms with Crippen molar-refractivity contribution in [3.63, 3.8) is 0 Å². The largest absolute Gasteiger partial charge is 0.493 e. The average molecular weight is 420 g/mol. The lowest BCUT2D eigenvalue weighted by Crippen LogP contribution is -2.12. The third-order valence-corrected chi connectivity index (χ3v) is 5.90. The molecule has 0 saturated heterocycles. The number of fused-ring (bicyclic) bond motifs is 1. The number of rotatable bonds is 4. The maximum atomic E-state index is 11.6. The molecule has 152 valence electrons. The summed E-state index contributed by atoms with van der Waals surface area (Å²) in [4.78, 5) is 22.3. The lowest BCUT2D eigenvalue weighted by Gasteiger charge is -2.02. The Morgan fingerprint density at radius 3 is 2.67 bits per heavy atom. The Labute approximate surface area is 178 Å². The number of hydrogen-bond donors (Lipinski definition) is 1. The van der Waals surface area contributed by atoms with Crippen molar-refractivity contribution in [2.24, 2.45) is 9.98 Å². The number of aromatic nitrogens is 1. The number of hydrogen-bond acceptors (Lipinski definition) is 6. The van der Waals surface area contributed by atoms with E-state index in [2.05, 4.69) is 9.98 Å². The van der Waals surface area contributed by atoms with Crippen LogP contribution < -0.4 is 4.80 Å². The molecule has 1 N–H and O–H groups in total. The minimum atomic E-state index is -0.387. The number of esters is 1. The third-order valence-electron chi connectivity index (χ3n) is 4.89. The molecule has 1 aliphatic heterocycles. The van der Waals surface area contributed by atoms with Crippen LogP contribution >= 0.6 is 11.3 Å². The number of aliphatic imine (C=N–C) groups is 1. The van der Waals surface area contributed by atoms with Gasteiger partial charge in [-0.3, -0.25) is 9.56 Å². The average Bonchev–Trinajstić information content (AvgIpc) is 3.24. The van der Waals surface area contributed by atoms with Gasteiger partial charge in [0.25, 0.3) is 0 Å². The van der Waals surface area contributed by atoms with Gasteiger partial charge in [0.2, 0.25) is 5.88 Å². The van der Waals surface area contributed by atoms with Crippen LogP contribution in [-0.2, 0) is 11.3 Å². The molecule has 0 radical (unpaired) electrons. The number of carbonyl (C=O) groups excluding carboxylic acids is 1. The van der Waals surface area contributed by atoms with Crippen molar-refractivity contribution in [1.29, 1.82) is 0 Å². The standard InChI is InChI=1S/C23H21N3O3S/c1-4-26-21(27)20(13-18-14(2)24-19-8-6-5-7-17(18)19)30-23(26)25-16-11-9-15(10-12-16)22(28)29-3/h5-13,27H,4H2,1-3H3. The summed E-state index contributed by atoms with van der Waals surface area (Å²) in [7, 11) is 1.35. The van der Waals surface area contributed by atoms with E-state index in [4.69, 9.17) is 4.74 Å². The van der Waals surface area contributed by atoms with Gasteiger partial charge in [-0.05, 0) is 50.3 Å². The molecular formula is C23H21N3O3S. The van der Waals surface area contributed by atoms with Crippen molar-refractivity contribution >= 4 is 46.0 Å². The first-order valence-electron chi connectivity index (χ1n) is 9.54. The van der Waals surface area contributed by atoms with Crippen LogP contribution in [0.15, 0.2) is 58.5 Å². The molecule has 6 nitrogen and oxygen atoms in total. The van der Waals surface area contributed by atoms with Gasteiger partial charge in [-0.1, -0.05) is 29.5 Å². The van der Waals surface area contributed by atoms with Gasteiger partial charge in [0, 0.05) is 23.4 Å². The molecule has 7 heteroatoms. The SMILES string of the molecule is CCn1c(O)c(C=C2C(C)=Nc3ccccc32)sc1=Nc1ccc(C(=O)OC)cc1. The van der Waals surface area contributed by atoms with Crippen LogP contribution in [0.3, 0.4) is 0 Å². The van der Waals surface area contributed by atoms with Gasteiger partial charge in [-0.15, -0.1) is 0 Å². The summed E-state index contributed by atoms with van der Waals surface area (Å²) in [6.45, 7) is 4.51. The van der Waals surface area contributed by atoms with E-state index in [1.807, 2.05) is 44.2 Å². The predicted molar refractivity (Wildman–Crippen MR) is 120 cm³/mol. The molecule has 0 fully saturated rings. The highest BCUT2D eigenvalue weighted by Crippen LogP contribution is 2.37. The zero-order valence-electron chi connectivity index (χ0n) is 16.9. The number of methoxy groups -OCH3 is 1. The molecule has 0 aliphatic carbocycles. The van der Waals surface area contributed by atoms with E-state index in [0.717, 1.165) is 27.4 Å². The van der Waals surface area contributed by atoms with Crippen molar-refractivity contribution in [3.05, 3.63) is 69.3 Å². The first-order valence-corrected chi connectivity index (χ1v) is 10.4. The maximum absolute atomic E-state index is 11.6. The number of para-hydroxylation sites is 1. The second kappa shape index (κ2) is 8.12. The minimum Gasteiger partial charge on any atom is -0.493 e. The molecule has 2 heterocycles. The summed E-state index contributed by atoms with van der Waals surface area (Å²) in [6.07, 6.45) is 1.97. The van der Waals surface area contributed by atoms with Crippen LogP contribution in [0.1, 0.15) is 34.6 Å². The lowest BCUT2D eigenvalue weighted by molar-refractivity contribution is 0.0601. The zero-order valence-corrected chi connectivity index (χ0v) is 17.7. The van der Waals surface area contributed by atoms with E-state index in [-0.39, 0.29) is 11.8 Å². The summed E-state index contributed by atoms with van der Waals surface area (Å²) in [6, 6.07) is 14.8. The molecule has 0 atom stereocenters. The fraction of sp³-hybridized carbons (Fsp3) is 0.174. The molecule has 0 unspecified atom stereocenters. The van der Waals surface area contributed by atoms with Crippen LogP contribution in [0.2, 0.25) is 0 Å². The van der Waals surface area contributed by atoms with Gasteiger partial charge in [0.15, 0.2) is 4.80 Å². The first-order chi connectivity index (χ1) is 14.5. The molecule has 30 heavy (non-hydrogen) atoms. The van der Waals surface area contributed by atoms with Crippen LogP contribution in [-0.4, -0.2) is 28.5 Å². The third kappa shape index (κ3) is 3.59. The normalized spacial score (nSPS) is 14.7. The Morgan fingerprint density at radius 2 is 1.97 bits per heavy atom. The number of allylic oxidation sites excluding steroid dienone is 1. The fourth-order valence-electron chi connectivity index (χ4n) is 3.33. The zero-order chi connectivity index (χ0) is 21.3. The van der Waals surface area contributed by atoms with Crippen molar-refractivity contribution < 1.29 is 14.6 Å². The summed E-state index contributed by atoms with van der Waals surface area (Å²) in [5, 5.41) is 10.8. The van der Waals surface area contributed by atoms with Gasteiger partial charge in [-0.2, -0.15) is 0 Å². The topological polar surface area (TPSA) is 76.2 Å². The van der Waals surface area contributed by atoms with Crippen LogP contribution in [0, 0.1) is 0 Å². The number of aromatic hydroxyl groups is 1. The molecule has 2 aromatic carbocycles. The Bertz CT molecular complexity index is 1250. The number of ether oxygens (including phenoxy) is 1. The highest BCUT2D eigenvalue weighted by atomic mass is 32.1. The first kappa shape index (κ1) is 19.8. The molecule has 4 rings (SSSR count). The second-order valence-electron chi connectivity index (χ2n) is 6.74. The summed E-state index contributed by atoms with van der Waals surface area (Å²) < 4.78 is 6.49. The quantitative estimate of drug-likeness (QED) is 0.609. The van der Waals surface area contributed by atoms with Gasteiger partial charge in [-0.25, -0.2) is 9.79 Å². The van der Waals surface area contributed by atoms with Crippen molar-refractivity contribution in [2.75, 3.05) is 7.11 Å². The van der Waals surface area contributed by atoms with E-state index in [1.54, 1.807) is 28.8 Å². The predicted octanol–water partition coefficient (Wildman–Crippen LogP) is 4.94. The molecule has 0 saturated carbocycles. The fourth-order valence-corrected chi connectivity index (χ4v) is 4.38. The number of nitrogens with zero attached hydrogens (tertiary/aromatic N) is 3. The van der Waals surface area contributed by atoms with Crippen molar-refractivity contribution in [3.8, 4) is 5.88 Å². The number of thiazole rings is 1. The maximum Gasteiger partial charge on any atom is 0.337 e. The van der Waals surface area contributed by atoms with E-state index >= 15 is 0 Å². The second-order valence-corrected chi connectivity index (χ2v) is 7.75. The van der Waals surface area contributed by atoms with Gasteiger partial charge < -0.3 is 9.84 Å².